The van der Waals surface area contributed by atoms with Gasteiger partial charge in [-0.15, -0.1) is 0 Å². The van der Waals surface area contributed by atoms with Gasteiger partial charge < -0.3 is 14.9 Å². The predicted octanol–water partition coefficient (Wildman–Crippen LogP) is 8.35. The summed E-state index contributed by atoms with van der Waals surface area (Å²) in [6, 6.07) is 6.71. The zero-order valence-corrected chi connectivity index (χ0v) is 21.5. The van der Waals surface area contributed by atoms with Crippen LogP contribution in [0.2, 0.25) is 0 Å². The van der Waals surface area contributed by atoms with E-state index in [4.69, 9.17) is 9.84 Å². The molecule has 2 N–H and O–H groups in total. The van der Waals surface area contributed by atoms with Gasteiger partial charge in [-0.2, -0.15) is 0 Å². The van der Waals surface area contributed by atoms with E-state index >= 15 is 0 Å². The Bertz CT molecular complexity index is 609. The van der Waals surface area contributed by atoms with E-state index in [0.717, 1.165) is 24.8 Å². The second-order valence-electron chi connectivity index (χ2n) is 9.53. The van der Waals surface area contributed by atoms with Crippen LogP contribution < -0.4 is 0 Å². The number of hydrogen-bond donors (Lipinski definition) is 2. The molecule has 0 fully saturated rings. The molecule has 0 bridgehead atoms. The van der Waals surface area contributed by atoms with E-state index in [0.29, 0.717) is 13.2 Å². The molecule has 0 amide bonds. The second kappa shape index (κ2) is 23.0. The minimum absolute atomic E-state index is 0.217. The molecule has 4 nitrogen and oxygen atoms in total. The topological polar surface area (TPSA) is 66.8 Å². The second-order valence-corrected chi connectivity index (χ2v) is 9.53. The number of benzene rings is 1. The van der Waals surface area contributed by atoms with Crippen molar-refractivity contribution in [3.8, 4) is 5.75 Å². The van der Waals surface area contributed by atoms with Crippen LogP contribution in [0.5, 0.6) is 5.75 Å². The Balaban J connectivity index is 1.75. The molecule has 0 spiro atoms. The van der Waals surface area contributed by atoms with Crippen molar-refractivity contribution in [2.24, 2.45) is 0 Å². The van der Waals surface area contributed by atoms with E-state index in [1.54, 1.807) is 30.3 Å². The fourth-order valence-electron chi connectivity index (χ4n) is 4.19. The smallest absolute Gasteiger partial charge is 0.330 e. The Kier molecular flexibility index (Phi) is 20.4. The average molecular weight is 475 g/mol. The maximum Gasteiger partial charge on any atom is 0.330 e. The molecule has 0 saturated carbocycles. The Morgan fingerprint density at radius 1 is 0.618 bits per heavy atom. The molecular weight excluding hydrogens is 424 g/mol. The van der Waals surface area contributed by atoms with Crippen molar-refractivity contribution >= 4 is 12.0 Å². The molecular formula is C30H50O4. The summed E-state index contributed by atoms with van der Waals surface area (Å²) in [7, 11) is 0. The summed E-state index contributed by atoms with van der Waals surface area (Å²) in [5.74, 6) is -0.0899. The number of ether oxygens (including phenoxy) is 1. The SMILES string of the molecule is O=C(/C=C\c1ccc(O)cc1)OCCCCCCCCCCCCCCCCCCCCCO. The largest absolute Gasteiger partial charge is 0.508 e. The fraction of sp³-hybridized carbons (Fsp3) is 0.700. The zero-order chi connectivity index (χ0) is 24.5. The molecule has 1 aromatic carbocycles. The summed E-state index contributed by atoms with van der Waals surface area (Å²) in [6.07, 6.45) is 27.7. The summed E-state index contributed by atoms with van der Waals surface area (Å²) < 4.78 is 5.24. The molecule has 0 heterocycles. The normalized spacial score (nSPS) is 11.3. The molecule has 1 rings (SSSR count). The van der Waals surface area contributed by atoms with Crippen LogP contribution in [0.25, 0.3) is 6.08 Å². The summed E-state index contributed by atoms with van der Waals surface area (Å²) in [6.45, 7) is 0.841. The lowest BCUT2D eigenvalue weighted by Crippen LogP contribution is -2.02. The van der Waals surface area contributed by atoms with Crippen LogP contribution in [0.15, 0.2) is 30.3 Å². The van der Waals surface area contributed by atoms with Gasteiger partial charge in [0.05, 0.1) is 6.61 Å². The molecule has 194 valence electrons. The van der Waals surface area contributed by atoms with Gasteiger partial charge >= 0.3 is 5.97 Å². The number of carbonyl (C=O) groups is 1. The Morgan fingerprint density at radius 3 is 1.41 bits per heavy atom. The van der Waals surface area contributed by atoms with Crippen LogP contribution in [0.3, 0.4) is 0 Å². The third-order valence-corrected chi connectivity index (χ3v) is 6.35. The van der Waals surface area contributed by atoms with E-state index in [1.807, 2.05) is 0 Å². The third kappa shape index (κ3) is 19.6. The first-order valence-electron chi connectivity index (χ1n) is 14.0. The van der Waals surface area contributed by atoms with Gasteiger partial charge in [-0.3, -0.25) is 0 Å². The van der Waals surface area contributed by atoms with E-state index in [2.05, 4.69) is 0 Å². The summed E-state index contributed by atoms with van der Waals surface area (Å²) in [5, 5.41) is 18.0. The maximum absolute atomic E-state index is 11.7. The first kappa shape index (κ1) is 30.2. The Hall–Kier alpha value is -1.81. The lowest BCUT2D eigenvalue weighted by atomic mass is 10.0. The minimum atomic E-state index is -0.307. The van der Waals surface area contributed by atoms with Gasteiger partial charge in [-0.1, -0.05) is 121 Å². The van der Waals surface area contributed by atoms with Crippen molar-refractivity contribution in [3.63, 3.8) is 0 Å². The van der Waals surface area contributed by atoms with Gasteiger partial charge in [0.1, 0.15) is 5.75 Å². The standard InChI is InChI=1S/C30H50O4/c31-26-18-16-14-12-10-8-6-4-2-1-3-5-7-9-11-13-15-17-19-27-34-30(33)25-22-28-20-23-29(32)24-21-28/h20-25,31-32H,1-19,26-27H2/b25-22-. The van der Waals surface area contributed by atoms with E-state index in [1.165, 1.54) is 109 Å². The third-order valence-electron chi connectivity index (χ3n) is 6.35. The van der Waals surface area contributed by atoms with Crippen LogP contribution in [-0.2, 0) is 9.53 Å². The van der Waals surface area contributed by atoms with E-state index < -0.39 is 0 Å². The molecule has 1 aromatic rings. The molecule has 4 heteroatoms. The molecule has 0 radical (unpaired) electrons. The highest BCUT2D eigenvalue weighted by atomic mass is 16.5. The first-order valence-corrected chi connectivity index (χ1v) is 14.0. The number of esters is 1. The summed E-state index contributed by atoms with van der Waals surface area (Å²) in [4.78, 5) is 11.7. The first-order chi connectivity index (χ1) is 16.7. The van der Waals surface area contributed by atoms with Crippen molar-refractivity contribution in [1.82, 2.24) is 0 Å². The van der Waals surface area contributed by atoms with Crippen molar-refractivity contribution in [2.45, 2.75) is 122 Å². The number of phenolic OH excluding ortho intramolecular Hbond substituents is 1. The number of hydrogen-bond acceptors (Lipinski definition) is 4. The molecule has 0 aromatic heterocycles. The molecule has 0 aliphatic heterocycles. The number of unbranched alkanes of at least 4 members (excludes halogenated alkanes) is 18. The van der Waals surface area contributed by atoms with Crippen molar-refractivity contribution < 1.29 is 19.7 Å². The van der Waals surface area contributed by atoms with E-state index in [-0.39, 0.29) is 11.7 Å². The van der Waals surface area contributed by atoms with Crippen LogP contribution in [-0.4, -0.2) is 29.4 Å². The predicted molar refractivity (Wildman–Crippen MR) is 143 cm³/mol. The van der Waals surface area contributed by atoms with Crippen molar-refractivity contribution in [2.75, 3.05) is 13.2 Å². The van der Waals surface area contributed by atoms with Crippen LogP contribution >= 0.6 is 0 Å². The van der Waals surface area contributed by atoms with Gasteiger partial charge in [0, 0.05) is 12.7 Å². The quantitative estimate of drug-likeness (QED) is 0.0950. The Labute approximate surface area is 208 Å². The van der Waals surface area contributed by atoms with Gasteiger partial charge in [0.15, 0.2) is 0 Å². The number of aliphatic hydroxyl groups is 1. The maximum atomic E-state index is 11.7. The number of rotatable bonds is 23. The molecule has 0 unspecified atom stereocenters. The monoisotopic (exact) mass is 474 g/mol. The fourth-order valence-corrected chi connectivity index (χ4v) is 4.19. The van der Waals surface area contributed by atoms with Gasteiger partial charge in [-0.25, -0.2) is 4.79 Å². The van der Waals surface area contributed by atoms with E-state index in [9.17, 15) is 9.90 Å². The van der Waals surface area contributed by atoms with Gasteiger partial charge in [0.2, 0.25) is 0 Å². The van der Waals surface area contributed by atoms with Crippen LogP contribution in [0, 0.1) is 0 Å². The summed E-state index contributed by atoms with van der Waals surface area (Å²) >= 11 is 0. The molecule has 34 heavy (non-hydrogen) atoms. The van der Waals surface area contributed by atoms with Gasteiger partial charge in [-0.05, 0) is 36.6 Å². The number of carbonyl (C=O) groups excluding carboxylic acids is 1. The van der Waals surface area contributed by atoms with Crippen LogP contribution in [0.1, 0.15) is 128 Å². The summed E-state index contributed by atoms with van der Waals surface area (Å²) in [5.41, 5.74) is 0.864. The van der Waals surface area contributed by atoms with Crippen molar-refractivity contribution in [3.05, 3.63) is 35.9 Å². The van der Waals surface area contributed by atoms with Gasteiger partial charge in [0.25, 0.3) is 0 Å². The molecule has 0 aliphatic carbocycles. The lowest BCUT2D eigenvalue weighted by Gasteiger charge is -2.04. The highest BCUT2D eigenvalue weighted by molar-refractivity contribution is 5.87. The number of aliphatic hydroxyl groups excluding tert-OH is 1. The highest BCUT2D eigenvalue weighted by Crippen LogP contribution is 2.15. The molecule has 0 aliphatic rings. The van der Waals surface area contributed by atoms with Crippen LogP contribution in [0.4, 0.5) is 0 Å². The number of aromatic hydroxyl groups is 1. The van der Waals surface area contributed by atoms with Crippen molar-refractivity contribution in [1.29, 1.82) is 0 Å². The number of phenols is 1. The zero-order valence-electron chi connectivity index (χ0n) is 21.5. The minimum Gasteiger partial charge on any atom is -0.508 e. The Morgan fingerprint density at radius 2 is 1.00 bits per heavy atom. The molecule has 0 saturated heterocycles. The lowest BCUT2D eigenvalue weighted by molar-refractivity contribution is -0.137. The average Bonchev–Trinajstić information content (AvgIpc) is 2.84. The molecule has 0 atom stereocenters. The highest BCUT2D eigenvalue weighted by Gasteiger charge is 1.98.